The molecule has 2 heterocycles. The third kappa shape index (κ3) is 1.73. The summed E-state index contributed by atoms with van der Waals surface area (Å²) in [5.41, 5.74) is 1.73. The maximum atomic E-state index is 11.8. The minimum atomic E-state index is 0.0746. The summed E-state index contributed by atoms with van der Waals surface area (Å²) in [6, 6.07) is 2.05. The highest BCUT2D eigenvalue weighted by Gasteiger charge is 2.28. The van der Waals surface area contributed by atoms with Crippen molar-refractivity contribution in [2.24, 2.45) is 12.1 Å². The molecule has 0 saturated heterocycles. The molecule has 5 heteroatoms. The van der Waals surface area contributed by atoms with E-state index in [-0.39, 0.29) is 11.9 Å². The minimum absolute atomic E-state index is 0.0746. The monoisotopic (exact) mass is 220 g/mol. The van der Waals surface area contributed by atoms with E-state index in [9.17, 15) is 4.79 Å². The van der Waals surface area contributed by atoms with Gasteiger partial charge in [-0.05, 0) is 19.4 Å². The molecule has 1 atom stereocenters. The van der Waals surface area contributed by atoms with Crippen molar-refractivity contribution in [2.75, 3.05) is 0 Å². The Balaban J connectivity index is 2.26. The fourth-order valence-corrected chi connectivity index (χ4v) is 1.76. The molecule has 0 radical (unpaired) electrons. The van der Waals surface area contributed by atoms with Crippen molar-refractivity contribution in [3.05, 3.63) is 18.0 Å². The molecule has 1 aliphatic rings. The summed E-state index contributed by atoms with van der Waals surface area (Å²) >= 11 is 0. The van der Waals surface area contributed by atoms with Crippen molar-refractivity contribution in [1.82, 2.24) is 14.8 Å². The lowest BCUT2D eigenvalue weighted by Crippen LogP contribution is -2.29. The van der Waals surface area contributed by atoms with Gasteiger partial charge in [-0.25, -0.2) is 5.01 Å². The van der Waals surface area contributed by atoms with E-state index in [1.54, 1.807) is 15.9 Å². The Kier molecular flexibility index (Phi) is 2.77. The van der Waals surface area contributed by atoms with E-state index in [1.165, 1.54) is 0 Å². The molecule has 1 aromatic heterocycles. The number of hydrazone groups is 1. The van der Waals surface area contributed by atoms with Crippen LogP contribution in [0, 0.1) is 0 Å². The van der Waals surface area contributed by atoms with Crippen molar-refractivity contribution in [3.8, 4) is 0 Å². The molecule has 0 saturated carbocycles. The van der Waals surface area contributed by atoms with Crippen LogP contribution in [-0.2, 0) is 11.8 Å². The van der Waals surface area contributed by atoms with Gasteiger partial charge >= 0.3 is 0 Å². The molecule has 1 unspecified atom stereocenters. The van der Waals surface area contributed by atoms with Crippen LogP contribution in [0.2, 0.25) is 0 Å². The van der Waals surface area contributed by atoms with Gasteiger partial charge in [-0.3, -0.25) is 9.48 Å². The van der Waals surface area contributed by atoms with Gasteiger partial charge in [-0.15, -0.1) is 0 Å². The molecule has 2 rings (SSSR count). The van der Waals surface area contributed by atoms with Gasteiger partial charge in [0.2, 0.25) is 5.91 Å². The van der Waals surface area contributed by atoms with Gasteiger partial charge in [-0.2, -0.15) is 10.2 Å². The Hall–Kier alpha value is -1.65. The maximum absolute atomic E-state index is 11.8. The molecule has 1 amide bonds. The number of aromatic nitrogens is 2. The summed E-state index contributed by atoms with van der Waals surface area (Å²) in [5, 5.41) is 10.1. The zero-order valence-corrected chi connectivity index (χ0v) is 9.84. The molecule has 0 N–H and O–H groups in total. The number of hydrogen-bond acceptors (Lipinski definition) is 3. The van der Waals surface area contributed by atoms with Crippen LogP contribution in [-0.4, -0.2) is 32.5 Å². The maximum Gasteiger partial charge on any atom is 0.249 e. The summed E-state index contributed by atoms with van der Waals surface area (Å²) in [4.78, 5) is 11.8. The number of carbonyl (C=O) groups is 1. The third-order valence-corrected chi connectivity index (χ3v) is 2.93. The molecule has 16 heavy (non-hydrogen) atoms. The van der Waals surface area contributed by atoms with Crippen LogP contribution in [0.1, 0.15) is 32.4 Å². The number of amides is 1. The van der Waals surface area contributed by atoms with Crippen LogP contribution in [0.3, 0.4) is 0 Å². The first-order valence-electron chi connectivity index (χ1n) is 5.51. The van der Waals surface area contributed by atoms with Crippen molar-refractivity contribution >= 4 is 11.6 Å². The number of carbonyl (C=O) groups excluding carboxylic acids is 1. The molecule has 5 nitrogen and oxygen atoms in total. The molecule has 0 fully saturated rings. The van der Waals surface area contributed by atoms with Crippen molar-refractivity contribution < 1.29 is 4.79 Å². The number of rotatable bonds is 3. The molecule has 0 aromatic carbocycles. The van der Waals surface area contributed by atoms with E-state index in [1.807, 2.05) is 20.0 Å². The highest BCUT2D eigenvalue weighted by Crippen LogP contribution is 2.18. The van der Waals surface area contributed by atoms with Crippen molar-refractivity contribution in [1.29, 1.82) is 0 Å². The second-order valence-electron chi connectivity index (χ2n) is 4.06. The van der Waals surface area contributed by atoms with Crippen molar-refractivity contribution in [2.45, 2.75) is 32.7 Å². The average molecular weight is 220 g/mol. The Labute approximate surface area is 94.7 Å². The first-order chi connectivity index (χ1) is 7.63. The van der Waals surface area contributed by atoms with E-state index in [4.69, 9.17) is 0 Å². The van der Waals surface area contributed by atoms with E-state index in [2.05, 4.69) is 17.1 Å². The molecular weight excluding hydrogens is 204 g/mol. The molecule has 0 spiro atoms. The number of hydrogen-bond donors (Lipinski definition) is 0. The largest absolute Gasteiger partial charge is 0.272 e. The molecule has 0 aliphatic carbocycles. The summed E-state index contributed by atoms with van der Waals surface area (Å²) in [7, 11) is 1.86. The minimum Gasteiger partial charge on any atom is -0.272 e. The third-order valence-electron chi connectivity index (χ3n) is 2.93. The standard InChI is InChI=1S/C11H16N4O/c1-4-8(2)15-11(16)7-9(13-15)10-5-6-12-14(10)3/h5-6,8H,4,7H2,1-3H3. The van der Waals surface area contributed by atoms with Gasteiger partial charge in [0.1, 0.15) is 0 Å². The number of aryl methyl sites for hydroxylation is 1. The first-order valence-corrected chi connectivity index (χ1v) is 5.51. The smallest absolute Gasteiger partial charge is 0.249 e. The van der Waals surface area contributed by atoms with Crippen LogP contribution in [0.15, 0.2) is 17.4 Å². The second-order valence-corrected chi connectivity index (χ2v) is 4.06. The number of nitrogens with zero attached hydrogens (tertiary/aromatic N) is 4. The first kappa shape index (κ1) is 10.9. The molecule has 1 aliphatic heterocycles. The van der Waals surface area contributed by atoms with Gasteiger partial charge in [0.25, 0.3) is 0 Å². The topological polar surface area (TPSA) is 50.5 Å². The van der Waals surface area contributed by atoms with Crippen LogP contribution in [0.5, 0.6) is 0 Å². The Morgan fingerprint density at radius 3 is 2.88 bits per heavy atom. The zero-order valence-electron chi connectivity index (χ0n) is 9.84. The highest BCUT2D eigenvalue weighted by atomic mass is 16.2. The SMILES string of the molecule is CCC(C)N1N=C(c2ccnn2C)CC1=O. The lowest BCUT2D eigenvalue weighted by molar-refractivity contribution is -0.130. The van der Waals surface area contributed by atoms with E-state index >= 15 is 0 Å². The lowest BCUT2D eigenvalue weighted by Gasteiger charge is -2.18. The molecular formula is C11H16N4O. The average Bonchev–Trinajstić information content (AvgIpc) is 2.83. The zero-order chi connectivity index (χ0) is 11.7. The second kappa shape index (κ2) is 4.08. The van der Waals surface area contributed by atoms with Crippen LogP contribution < -0.4 is 0 Å². The fourth-order valence-electron chi connectivity index (χ4n) is 1.76. The highest BCUT2D eigenvalue weighted by molar-refractivity contribution is 6.12. The van der Waals surface area contributed by atoms with Gasteiger partial charge in [0.15, 0.2) is 0 Å². The van der Waals surface area contributed by atoms with Gasteiger partial charge in [0.05, 0.1) is 23.9 Å². The molecule has 1 aromatic rings. The Morgan fingerprint density at radius 2 is 2.31 bits per heavy atom. The van der Waals surface area contributed by atoms with E-state index in [0.717, 1.165) is 17.8 Å². The van der Waals surface area contributed by atoms with Gasteiger partial charge in [-0.1, -0.05) is 6.92 Å². The predicted octanol–water partition coefficient (Wildman–Crippen LogP) is 1.16. The quantitative estimate of drug-likeness (QED) is 0.767. The summed E-state index contributed by atoms with van der Waals surface area (Å²) in [5.74, 6) is 0.0746. The van der Waals surface area contributed by atoms with Crippen LogP contribution >= 0.6 is 0 Å². The van der Waals surface area contributed by atoms with Crippen LogP contribution in [0.4, 0.5) is 0 Å². The van der Waals surface area contributed by atoms with E-state index in [0.29, 0.717) is 6.42 Å². The van der Waals surface area contributed by atoms with Crippen LogP contribution in [0.25, 0.3) is 0 Å². The molecule has 86 valence electrons. The normalized spacial score (nSPS) is 17.8. The van der Waals surface area contributed by atoms with Gasteiger partial charge in [0, 0.05) is 13.2 Å². The summed E-state index contributed by atoms with van der Waals surface area (Å²) < 4.78 is 1.74. The van der Waals surface area contributed by atoms with Crippen molar-refractivity contribution in [3.63, 3.8) is 0 Å². The predicted molar refractivity (Wildman–Crippen MR) is 61.0 cm³/mol. The Bertz CT molecular complexity index is 435. The lowest BCUT2D eigenvalue weighted by atomic mass is 10.2. The Morgan fingerprint density at radius 1 is 1.56 bits per heavy atom. The fraction of sp³-hybridized carbons (Fsp3) is 0.545. The van der Waals surface area contributed by atoms with Gasteiger partial charge < -0.3 is 0 Å². The molecule has 0 bridgehead atoms. The summed E-state index contributed by atoms with van der Waals surface area (Å²) in [6.45, 7) is 4.06. The van der Waals surface area contributed by atoms with E-state index < -0.39 is 0 Å². The summed E-state index contributed by atoms with van der Waals surface area (Å²) in [6.07, 6.45) is 3.01.